The van der Waals surface area contributed by atoms with Crippen molar-refractivity contribution < 1.29 is 27.2 Å². The minimum absolute atomic E-state index is 0.120. The number of hydrogen-bond donors (Lipinski definition) is 1. The van der Waals surface area contributed by atoms with Crippen LogP contribution in [0.4, 0.5) is 13.2 Å². The van der Waals surface area contributed by atoms with Gasteiger partial charge >= 0.3 is 6.18 Å². The molecule has 3 rings (SSSR count). The first kappa shape index (κ1) is 17.1. The summed E-state index contributed by atoms with van der Waals surface area (Å²) in [5.74, 6) is -0.707. The van der Waals surface area contributed by atoms with Gasteiger partial charge in [-0.15, -0.1) is 0 Å². The van der Waals surface area contributed by atoms with Gasteiger partial charge in [0.15, 0.2) is 0 Å². The molecule has 1 aliphatic heterocycles. The highest BCUT2D eigenvalue weighted by Gasteiger charge is 2.41. The summed E-state index contributed by atoms with van der Waals surface area (Å²) in [6, 6.07) is 6.69. The monoisotopic (exact) mass is 352 g/mol. The number of hydrogen-bond acceptors (Lipinski definition) is 3. The molecule has 0 bridgehead atoms. The first-order valence-electron chi connectivity index (χ1n) is 7.63. The van der Waals surface area contributed by atoms with Gasteiger partial charge in [0.1, 0.15) is 11.8 Å². The van der Waals surface area contributed by atoms with Crippen molar-refractivity contribution in [1.82, 2.24) is 10.2 Å². The first-order valence-corrected chi connectivity index (χ1v) is 7.63. The van der Waals surface area contributed by atoms with Gasteiger partial charge in [0.25, 0.3) is 0 Å². The third-order valence-electron chi connectivity index (χ3n) is 4.00. The molecule has 1 aromatic carbocycles. The topological polar surface area (TPSA) is 62.6 Å². The van der Waals surface area contributed by atoms with E-state index in [-0.39, 0.29) is 25.1 Å². The molecule has 1 aliphatic rings. The number of halogens is 3. The molecule has 5 nitrogen and oxygen atoms in total. The van der Waals surface area contributed by atoms with Gasteiger partial charge in [-0.2, -0.15) is 13.2 Å². The lowest BCUT2D eigenvalue weighted by molar-refractivity contribution is -0.146. The number of rotatable bonds is 3. The van der Waals surface area contributed by atoms with E-state index in [2.05, 4.69) is 5.32 Å². The second-order valence-electron chi connectivity index (χ2n) is 5.62. The maximum atomic E-state index is 13.3. The lowest BCUT2D eigenvalue weighted by atomic mass is 9.96. The molecule has 0 radical (unpaired) electrons. The largest absolute Gasteiger partial charge is 0.469 e. The van der Waals surface area contributed by atoms with Gasteiger partial charge in [-0.1, -0.05) is 18.2 Å². The molecule has 0 saturated carbocycles. The van der Waals surface area contributed by atoms with Gasteiger partial charge in [0, 0.05) is 13.1 Å². The smallest absolute Gasteiger partial charge is 0.416 e. The Kier molecular flexibility index (Phi) is 4.52. The predicted molar refractivity (Wildman–Crippen MR) is 81.3 cm³/mol. The van der Waals surface area contributed by atoms with Crippen molar-refractivity contribution in [3.05, 3.63) is 59.5 Å². The minimum Gasteiger partial charge on any atom is -0.469 e. The summed E-state index contributed by atoms with van der Waals surface area (Å²) in [4.78, 5) is 26.0. The predicted octanol–water partition coefficient (Wildman–Crippen LogP) is 2.54. The quantitative estimate of drug-likeness (QED) is 0.923. The molecule has 25 heavy (non-hydrogen) atoms. The number of carbonyl (C=O) groups excluding carboxylic acids is 2. The molecule has 132 valence electrons. The van der Waals surface area contributed by atoms with Gasteiger partial charge in [-0.3, -0.25) is 9.59 Å². The van der Waals surface area contributed by atoms with Gasteiger partial charge in [-0.25, -0.2) is 0 Å². The van der Waals surface area contributed by atoms with Gasteiger partial charge in [0.2, 0.25) is 11.8 Å². The summed E-state index contributed by atoms with van der Waals surface area (Å²) in [5.41, 5.74) is -1.16. The van der Waals surface area contributed by atoms with E-state index in [4.69, 9.17) is 4.42 Å². The molecule has 2 aromatic rings. The van der Waals surface area contributed by atoms with E-state index in [0.29, 0.717) is 5.76 Å². The van der Waals surface area contributed by atoms with Crippen LogP contribution in [-0.4, -0.2) is 29.8 Å². The van der Waals surface area contributed by atoms with Crippen LogP contribution in [0.25, 0.3) is 0 Å². The van der Waals surface area contributed by atoms with Crippen LogP contribution in [0.5, 0.6) is 0 Å². The molecule has 8 heteroatoms. The van der Waals surface area contributed by atoms with Gasteiger partial charge in [-0.05, 0) is 23.8 Å². The summed E-state index contributed by atoms with van der Waals surface area (Å²) in [7, 11) is 0. The summed E-state index contributed by atoms with van der Waals surface area (Å²) in [6.45, 7) is 0.315. The standard InChI is InChI=1S/C17H15F3N2O3/c18-17(19,20)13-6-2-1-5-12(13)15-16(24)21-7-8-22(15)14(23)10-11-4-3-9-25-11/h1-6,9,15H,7-8,10H2,(H,21,24). The lowest BCUT2D eigenvalue weighted by Gasteiger charge is -2.36. The number of furan rings is 1. The fraction of sp³-hybridized carbons (Fsp3) is 0.294. The molecule has 1 saturated heterocycles. The fourth-order valence-electron chi connectivity index (χ4n) is 2.90. The van der Waals surface area contributed by atoms with E-state index in [9.17, 15) is 22.8 Å². The molecular weight excluding hydrogens is 337 g/mol. The molecule has 1 aromatic heterocycles. The van der Waals surface area contributed by atoms with Crippen molar-refractivity contribution in [2.75, 3.05) is 13.1 Å². The minimum atomic E-state index is -4.62. The summed E-state index contributed by atoms with van der Waals surface area (Å²) in [5, 5.41) is 2.53. The zero-order valence-corrected chi connectivity index (χ0v) is 13.0. The van der Waals surface area contributed by atoms with Crippen LogP contribution in [0.1, 0.15) is 22.9 Å². The third-order valence-corrected chi connectivity index (χ3v) is 4.00. The SMILES string of the molecule is O=C1NCCN(C(=O)Cc2ccco2)C1c1ccccc1C(F)(F)F. The van der Waals surface area contributed by atoms with Crippen LogP contribution >= 0.6 is 0 Å². The number of piperazine rings is 1. The summed E-state index contributed by atoms with van der Waals surface area (Å²) < 4.78 is 45.1. The van der Waals surface area contributed by atoms with E-state index >= 15 is 0 Å². The molecule has 0 spiro atoms. The molecular formula is C17H15F3N2O3. The molecule has 2 amide bonds. The molecule has 2 heterocycles. The van der Waals surface area contributed by atoms with Crippen LogP contribution < -0.4 is 5.32 Å². The number of carbonyl (C=O) groups is 2. The molecule has 1 fully saturated rings. The van der Waals surface area contributed by atoms with Crippen molar-refractivity contribution in [3.8, 4) is 0 Å². The van der Waals surface area contributed by atoms with E-state index in [1.165, 1.54) is 29.4 Å². The zero-order chi connectivity index (χ0) is 18.0. The highest BCUT2D eigenvalue weighted by molar-refractivity contribution is 5.90. The number of alkyl halides is 3. The highest BCUT2D eigenvalue weighted by Crippen LogP contribution is 2.37. The van der Waals surface area contributed by atoms with Crippen molar-refractivity contribution >= 4 is 11.8 Å². The second kappa shape index (κ2) is 6.62. The number of nitrogens with one attached hydrogen (secondary N) is 1. The third kappa shape index (κ3) is 3.52. The first-order chi connectivity index (χ1) is 11.9. The average molecular weight is 352 g/mol. The molecule has 1 unspecified atom stereocenters. The molecule has 1 atom stereocenters. The maximum absolute atomic E-state index is 13.3. The number of amides is 2. The highest BCUT2D eigenvalue weighted by atomic mass is 19.4. The maximum Gasteiger partial charge on any atom is 0.416 e. The van der Waals surface area contributed by atoms with Crippen molar-refractivity contribution in [2.24, 2.45) is 0 Å². The number of nitrogens with zero attached hydrogens (tertiary/aromatic N) is 1. The fourth-order valence-corrected chi connectivity index (χ4v) is 2.90. The van der Waals surface area contributed by atoms with E-state index in [1.54, 1.807) is 12.1 Å². The van der Waals surface area contributed by atoms with E-state index in [0.717, 1.165) is 6.07 Å². The van der Waals surface area contributed by atoms with Crippen LogP contribution in [0.15, 0.2) is 47.1 Å². The Hall–Kier alpha value is -2.77. The molecule has 0 aliphatic carbocycles. The Balaban J connectivity index is 1.96. The van der Waals surface area contributed by atoms with E-state index < -0.39 is 29.6 Å². The summed E-state index contributed by atoms with van der Waals surface area (Å²) in [6.07, 6.45) is -3.34. The van der Waals surface area contributed by atoms with E-state index in [1.807, 2.05) is 0 Å². The average Bonchev–Trinajstić information content (AvgIpc) is 3.06. The van der Waals surface area contributed by atoms with Gasteiger partial charge in [0.05, 0.1) is 18.2 Å². The molecule has 1 N–H and O–H groups in total. The summed E-state index contributed by atoms with van der Waals surface area (Å²) >= 11 is 0. The van der Waals surface area contributed by atoms with Crippen molar-refractivity contribution in [2.45, 2.75) is 18.6 Å². The Morgan fingerprint density at radius 2 is 2.00 bits per heavy atom. The van der Waals surface area contributed by atoms with Crippen LogP contribution in [0, 0.1) is 0 Å². The van der Waals surface area contributed by atoms with Crippen molar-refractivity contribution in [3.63, 3.8) is 0 Å². The Labute approximate surface area is 141 Å². The van der Waals surface area contributed by atoms with Crippen molar-refractivity contribution in [1.29, 1.82) is 0 Å². The Morgan fingerprint density at radius 1 is 1.24 bits per heavy atom. The normalized spacial score (nSPS) is 18.1. The zero-order valence-electron chi connectivity index (χ0n) is 13.0. The van der Waals surface area contributed by atoms with Crippen LogP contribution in [0.3, 0.4) is 0 Å². The number of benzene rings is 1. The Bertz CT molecular complexity index is 772. The lowest BCUT2D eigenvalue weighted by Crippen LogP contribution is -2.53. The Morgan fingerprint density at radius 3 is 2.68 bits per heavy atom. The van der Waals surface area contributed by atoms with Crippen LogP contribution in [-0.2, 0) is 22.2 Å². The van der Waals surface area contributed by atoms with Crippen LogP contribution in [0.2, 0.25) is 0 Å². The van der Waals surface area contributed by atoms with Gasteiger partial charge < -0.3 is 14.6 Å². The second-order valence-corrected chi connectivity index (χ2v) is 5.62.